The van der Waals surface area contributed by atoms with Gasteiger partial charge in [-0.15, -0.1) is 11.3 Å². The largest absolute Gasteiger partial charge is 0.454 e. The lowest BCUT2D eigenvalue weighted by Crippen LogP contribution is -2.22. The Balaban J connectivity index is 1.74. The summed E-state index contributed by atoms with van der Waals surface area (Å²) in [4.78, 5) is 30.2. The van der Waals surface area contributed by atoms with Crippen molar-refractivity contribution in [3.8, 4) is 28.3 Å². The van der Waals surface area contributed by atoms with E-state index in [0.717, 1.165) is 11.8 Å². The van der Waals surface area contributed by atoms with Gasteiger partial charge in [-0.05, 0) is 29.8 Å². The molecule has 0 bridgehead atoms. The first-order valence-electron chi connectivity index (χ1n) is 9.12. The smallest absolute Gasteiger partial charge is 0.268 e. The van der Waals surface area contributed by atoms with Crippen LogP contribution in [0, 0.1) is 5.82 Å². The van der Waals surface area contributed by atoms with Gasteiger partial charge in [0.2, 0.25) is 12.7 Å². The Bertz CT molecular complexity index is 1380. The fraction of sp³-hybridized carbons (Fsp3) is 0.0952. The van der Waals surface area contributed by atoms with Gasteiger partial charge >= 0.3 is 0 Å². The van der Waals surface area contributed by atoms with Crippen LogP contribution in [0.15, 0.2) is 57.8 Å². The van der Waals surface area contributed by atoms with Crippen molar-refractivity contribution in [1.82, 2.24) is 9.55 Å². The lowest BCUT2D eigenvalue weighted by Gasteiger charge is -2.12. The van der Waals surface area contributed by atoms with Gasteiger partial charge in [0, 0.05) is 17.0 Å². The predicted molar refractivity (Wildman–Crippen MR) is 117 cm³/mol. The lowest BCUT2D eigenvalue weighted by atomic mass is 10.1. The summed E-state index contributed by atoms with van der Waals surface area (Å²) in [7, 11) is 0. The summed E-state index contributed by atoms with van der Waals surface area (Å²) < 4.78 is 25.6. The van der Waals surface area contributed by atoms with Gasteiger partial charge < -0.3 is 15.2 Å². The van der Waals surface area contributed by atoms with E-state index in [0.29, 0.717) is 43.7 Å². The molecule has 2 N–H and O–H groups in total. The van der Waals surface area contributed by atoms with E-state index in [2.05, 4.69) is 4.98 Å². The van der Waals surface area contributed by atoms with Crippen molar-refractivity contribution in [3.05, 3.63) is 64.0 Å². The minimum absolute atomic E-state index is 0.0291. The quantitative estimate of drug-likeness (QED) is 0.365. The number of amides is 1. The van der Waals surface area contributed by atoms with E-state index in [1.54, 1.807) is 30.3 Å². The van der Waals surface area contributed by atoms with Crippen LogP contribution < -0.4 is 20.8 Å². The summed E-state index contributed by atoms with van der Waals surface area (Å²) in [6.45, 7) is 0.105. The average Bonchev–Trinajstić information content (AvgIpc) is 3.39. The predicted octanol–water partition coefficient (Wildman–Crippen LogP) is 3.56. The molecule has 7 nitrogen and oxygen atoms in total. The molecule has 0 saturated heterocycles. The molecule has 5 rings (SSSR count). The van der Waals surface area contributed by atoms with E-state index in [4.69, 9.17) is 15.2 Å². The minimum Gasteiger partial charge on any atom is -0.454 e. The Morgan fingerprint density at radius 3 is 2.74 bits per heavy atom. The summed E-state index contributed by atoms with van der Waals surface area (Å²) >= 11 is 2.39. The third-order valence-corrected chi connectivity index (χ3v) is 6.52. The molecule has 0 unspecified atom stereocenters. The molecule has 2 aromatic heterocycles. The number of nitrogens with zero attached hydrogens (tertiary/aromatic N) is 2. The van der Waals surface area contributed by atoms with Gasteiger partial charge in [0.15, 0.2) is 16.7 Å². The standard InChI is InChI=1S/C21H14FN3O4S2/c22-12-3-1-11(2-4-12)14-8-30-19-18(14)20(27)25(21(24-19)31-9-17(23)26)13-5-6-15-16(7-13)29-10-28-15/h1-8H,9-10H2,(H2,23,26). The van der Waals surface area contributed by atoms with Crippen LogP contribution in [-0.4, -0.2) is 28.0 Å². The highest BCUT2D eigenvalue weighted by Gasteiger charge is 2.21. The number of nitrogens with two attached hydrogens (primary N) is 1. The van der Waals surface area contributed by atoms with E-state index in [1.165, 1.54) is 28.0 Å². The van der Waals surface area contributed by atoms with Crippen LogP contribution >= 0.6 is 23.1 Å². The second-order valence-electron chi connectivity index (χ2n) is 6.66. The maximum atomic E-state index is 13.7. The number of hydrogen-bond donors (Lipinski definition) is 1. The normalized spacial score (nSPS) is 12.4. The zero-order valence-corrected chi connectivity index (χ0v) is 17.5. The van der Waals surface area contributed by atoms with E-state index < -0.39 is 5.91 Å². The van der Waals surface area contributed by atoms with Crippen LogP contribution in [0.1, 0.15) is 0 Å². The van der Waals surface area contributed by atoms with E-state index in [-0.39, 0.29) is 23.9 Å². The van der Waals surface area contributed by atoms with Gasteiger partial charge in [-0.3, -0.25) is 14.2 Å². The number of benzene rings is 2. The fourth-order valence-electron chi connectivity index (χ4n) is 3.30. The molecule has 1 aliphatic heterocycles. The molecule has 31 heavy (non-hydrogen) atoms. The molecule has 0 fully saturated rings. The molecule has 10 heteroatoms. The highest BCUT2D eigenvalue weighted by Crippen LogP contribution is 2.36. The Labute approximate surface area is 183 Å². The lowest BCUT2D eigenvalue weighted by molar-refractivity contribution is -0.115. The van der Waals surface area contributed by atoms with Gasteiger partial charge in [0.25, 0.3) is 5.56 Å². The number of thiophene rings is 1. The molecule has 0 saturated carbocycles. The summed E-state index contributed by atoms with van der Waals surface area (Å²) in [5.41, 5.74) is 6.89. The van der Waals surface area contributed by atoms with Crippen molar-refractivity contribution in [2.24, 2.45) is 5.73 Å². The van der Waals surface area contributed by atoms with E-state index in [1.807, 2.05) is 5.38 Å². The van der Waals surface area contributed by atoms with Crippen LogP contribution in [0.5, 0.6) is 11.5 Å². The fourth-order valence-corrected chi connectivity index (χ4v) is 5.04. The Kier molecular flexibility index (Phi) is 4.87. The van der Waals surface area contributed by atoms with Crippen LogP contribution in [0.25, 0.3) is 27.0 Å². The number of carbonyl (C=O) groups is 1. The maximum absolute atomic E-state index is 13.7. The molecule has 0 radical (unpaired) electrons. The highest BCUT2D eigenvalue weighted by molar-refractivity contribution is 7.99. The molecule has 156 valence electrons. The molecule has 3 heterocycles. The van der Waals surface area contributed by atoms with Crippen molar-refractivity contribution < 1.29 is 18.7 Å². The summed E-state index contributed by atoms with van der Waals surface area (Å²) in [5.74, 6) is 0.191. The second kappa shape index (κ2) is 7.71. The molecular weight excluding hydrogens is 441 g/mol. The SMILES string of the molecule is NC(=O)CSc1nc2scc(-c3ccc(F)cc3)c2c(=O)n1-c1ccc2c(c1)OCO2. The Morgan fingerprint density at radius 1 is 1.19 bits per heavy atom. The van der Waals surface area contributed by atoms with Crippen LogP contribution in [0.2, 0.25) is 0 Å². The van der Waals surface area contributed by atoms with Crippen molar-refractivity contribution in [2.75, 3.05) is 12.5 Å². The number of primary amides is 1. The van der Waals surface area contributed by atoms with Crippen molar-refractivity contribution in [1.29, 1.82) is 0 Å². The third-order valence-electron chi connectivity index (χ3n) is 4.69. The number of fused-ring (bicyclic) bond motifs is 2. The van der Waals surface area contributed by atoms with Gasteiger partial charge in [0.05, 0.1) is 16.8 Å². The molecule has 2 aromatic carbocycles. The first-order valence-corrected chi connectivity index (χ1v) is 11.0. The average molecular weight is 455 g/mol. The molecular formula is C21H14FN3O4S2. The number of ether oxygens (including phenoxy) is 2. The van der Waals surface area contributed by atoms with Crippen molar-refractivity contribution >= 4 is 39.2 Å². The maximum Gasteiger partial charge on any atom is 0.268 e. The third kappa shape index (κ3) is 3.53. The first kappa shape index (κ1) is 19.6. The molecule has 0 aliphatic carbocycles. The Morgan fingerprint density at radius 2 is 1.97 bits per heavy atom. The van der Waals surface area contributed by atoms with Crippen LogP contribution in [0.4, 0.5) is 4.39 Å². The number of halogens is 1. The van der Waals surface area contributed by atoms with Crippen LogP contribution in [0.3, 0.4) is 0 Å². The van der Waals surface area contributed by atoms with Crippen molar-refractivity contribution in [3.63, 3.8) is 0 Å². The van der Waals surface area contributed by atoms with Gasteiger partial charge in [0.1, 0.15) is 10.6 Å². The van der Waals surface area contributed by atoms with Gasteiger partial charge in [-0.25, -0.2) is 9.37 Å². The molecule has 4 aromatic rings. The Hall–Kier alpha value is -3.37. The summed E-state index contributed by atoms with van der Waals surface area (Å²) in [6.07, 6.45) is 0. The molecule has 0 atom stereocenters. The zero-order valence-electron chi connectivity index (χ0n) is 15.8. The van der Waals surface area contributed by atoms with Gasteiger partial charge in [-0.1, -0.05) is 23.9 Å². The number of carbonyl (C=O) groups excluding carboxylic acids is 1. The minimum atomic E-state index is -0.519. The van der Waals surface area contributed by atoms with Gasteiger partial charge in [-0.2, -0.15) is 0 Å². The molecule has 1 aliphatic rings. The first-order chi connectivity index (χ1) is 15.0. The number of aromatic nitrogens is 2. The number of hydrogen-bond acceptors (Lipinski definition) is 7. The topological polar surface area (TPSA) is 96.4 Å². The van der Waals surface area contributed by atoms with Crippen LogP contribution in [-0.2, 0) is 4.79 Å². The second-order valence-corrected chi connectivity index (χ2v) is 8.46. The van der Waals surface area contributed by atoms with E-state index >= 15 is 0 Å². The summed E-state index contributed by atoms with van der Waals surface area (Å²) in [5, 5.41) is 2.57. The molecule has 0 spiro atoms. The van der Waals surface area contributed by atoms with E-state index in [9.17, 15) is 14.0 Å². The number of rotatable bonds is 5. The zero-order chi connectivity index (χ0) is 21.5. The summed E-state index contributed by atoms with van der Waals surface area (Å²) in [6, 6.07) is 11.1. The highest BCUT2D eigenvalue weighted by atomic mass is 32.2. The number of thioether (sulfide) groups is 1. The van der Waals surface area contributed by atoms with Crippen molar-refractivity contribution in [2.45, 2.75) is 5.16 Å². The molecule has 1 amide bonds. The monoisotopic (exact) mass is 455 g/mol.